The Hall–Kier alpha value is -1.34. The lowest BCUT2D eigenvalue weighted by Gasteiger charge is -2.32. The van der Waals surface area contributed by atoms with Crippen molar-refractivity contribution in [2.24, 2.45) is 11.3 Å². The lowest BCUT2D eigenvalue weighted by atomic mass is 9.85. The van der Waals surface area contributed by atoms with Gasteiger partial charge in [-0.1, -0.05) is 31.2 Å². The fourth-order valence-electron chi connectivity index (χ4n) is 2.70. The largest absolute Gasteiger partial charge is 0.448 e. The van der Waals surface area contributed by atoms with Crippen LogP contribution in [0.15, 0.2) is 24.3 Å². The predicted octanol–water partition coefficient (Wildman–Crippen LogP) is 2.33. The lowest BCUT2D eigenvalue weighted by Crippen LogP contribution is -2.41. The SMILES string of the molecule is CC1(COC(=O)N2CCC(COS(C)(=O)=O)CC2)C=CC=CC1. The molecule has 2 aliphatic rings. The molecule has 0 aromatic heterocycles. The van der Waals surface area contributed by atoms with Crippen molar-refractivity contribution in [2.45, 2.75) is 26.2 Å². The number of amides is 1. The van der Waals surface area contributed by atoms with E-state index in [0.29, 0.717) is 19.7 Å². The molecule has 0 aromatic carbocycles. The standard InChI is InChI=1S/C16H25NO5S/c1-16(8-4-3-5-9-16)13-21-15(18)17-10-6-14(7-11-17)12-22-23(2,19)20/h3-5,8,14H,6-7,9-13H2,1-2H3. The van der Waals surface area contributed by atoms with Crippen molar-refractivity contribution in [2.75, 3.05) is 32.6 Å². The number of carbonyl (C=O) groups is 1. The van der Waals surface area contributed by atoms with Crippen LogP contribution in [0.3, 0.4) is 0 Å². The molecular weight excluding hydrogens is 318 g/mol. The summed E-state index contributed by atoms with van der Waals surface area (Å²) < 4.78 is 32.3. The smallest absolute Gasteiger partial charge is 0.409 e. The number of hydrogen-bond acceptors (Lipinski definition) is 5. The molecule has 0 radical (unpaired) electrons. The fraction of sp³-hybridized carbons (Fsp3) is 0.688. The van der Waals surface area contributed by atoms with Gasteiger partial charge in [0.15, 0.2) is 0 Å². The highest BCUT2D eigenvalue weighted by atomic mass is 32.2. The van der Waals surface area contributed by atoms with Crippen LogP contribution in [0.1, 0.15) is 26.2 Å². The van der Waals surface area contributed by atoms with Gasteiger partial charge in [-0.25, -0.2) is 4.79 Å². The van der Waals surface area contributed by atoms with E-state index in [1.165, 1.54) is 0 Å². The number of hydrogen-bond donors (Lipinski definition) is 0. The summed E-state index contributed by atoms with van der Waals surface area (Å²) in [7, 11) is -3.40. The van der Waals surface area contributed by atoms with E-state index in [4.69, 9.17) is 8.92 Å². The molecule has 1 aliphatic heterocycles. The summed E-state index contributed by atoms with van der Waals surface area (Å²) in [4.78, 5) is 13.8. The highest BCUT2D eigenvalue weighted by molar-refractivity contribution is 7.85. The maximum absolute atomic E-state index is 12.1. The third kappa shape index (κ3) is 5.99. The van der Waals surface area contributed by atoms with Gasteiger partial charge in [-0.3, -0.25) is 4.18 Å². The molecule has 1 heterocycles. The molecule has 1 amide bonds. The molecule has 1 atom stereocenters. The minimum absolute atomic E-state index is 0.133. The Labute approximate surface area is 138 Å². The molecule has 0 aromatic rings. The van der Waals surface area contributed by atoms with E-state index in [-0.39, 0.29) is 24.0 Å². The van der Waals surface area contributed by atoms with Crippen LogP contribution in [-0.2, 0) is 19.0 Å². The first kappa shape index (κ1) is 18.0. The molecule has 2 rings (SSSR count). The van der Waals surface area contributed by atoms with Gasteiger partial charge in [-0.2, -0.15) is 8.42 Å². The van der Waals surface area contributed by atoms with E-state index in [0.717, 1.165) is 25.5 Å². The highest BCUT2D eigenvalue weighted by Crippen LogP contribution is 2.28. The third-order valence-corrected chi connectivity index (χ3v) is 4.81. The number of rotatable bonds is 5. The van der Waals surface area contributed by atoms with E-state index >= 15 is 0 Å². The average molecular weight is 343 g/mol. The molecule has 0 spiro atoms. The zero-order valence-corrected chi connectivity index (χ0v) is 14.5. The molecular formula is C16H25NO5S. The van der Waals surface area contributed by atoms with Crippen molar-refractivity contribution < 1.29 is 22.1 Å². The Kier molecular flexibility index (Phi) is 5.86. The lowest BCUT2D eigenvalue weighted by molar-refractivity contribution is 0.0608. The molecule has 6 nitrogen and oxygen atoms in total. The van der Waals surface area contributed by atoms with Gasteiger partial charge in [-0.05, 0) is 25.2 Å². The van der Waals surface area contributed by atoms with Gasteiger partial charge in [-0.15, -0.1) is 0 Å². The van der Waals surface area contributed by atoms with Crippen LogP contribution in [0.4, 0.5) is 4.79 Å². The Morgan fingerprint density at radius 2 is 2.00 bits per heavy atom. The summed E-state index contributed by atoms with van der Waals surface area (Å²) in [5.74, 6) is 0.165. The second kappa shape index (κ2) is 7.49. The van der Waals surface area contributed by atoms with Crippen LogP contribution < -0.4 is 0 Å². The molecule has 0 saturated carbocycles. The van der Waals surface area contributed by atoms with Crippen LogP contribution in [0, 0.1) is 11.3 Å². The van der Waals surface area contributed by atoms with Crippen LogP contribution in [0.2, 0.25) is 0 Å². The molecule has 0 N–H and O–H groups in total. The van der Waals surface area contributed by atoms with Crippen molar-refractivity contribution in [3.05, 3.63) is 24.3 Å². The number of carbonyl (C=O) groups excluding carboxylic acids is 1. The minimum Gasteiger partial charge on any atom is -0.448 e. The first-order chi connectivity index (χ1) is 10.8. The summed E-state index contributed by atoms with van der Waals surface area (Å²) in [6.45, 7) is 3.77. The Balaban J connectivity index is 1.71. The third-order valence-electron chi connectivity index (χ3n) is 4.25. The minimum atomic E-state index is -3.40. The predicted molar refractivity (Wildman–Crippen MR) is 87.4 cm³/mol. The molecule has 1 saturated heterocycles. The summed E-state index contributed by atoms with van der Waals surface area (Å²) >= 11 is 0. The summed E-state index contributed by atoms with van der Waals surface area (Å²) in [5, 5.41) is 0. The van der Waals surface area contributed by atoms with Crippen molar-refractivity contribution in [1.82, 2.24) is 4.90 Å². The van der Waals surface area contributed by atoms with Crippen molar-refractivity contribution in [1.29, 1.82) is 0 Å². The molecule has 1 unspecified atom stereocenters. The number of nitrogens with zero attached hydrogens (tertiary/aromatic N) is 1. The number of piperidine rings is 1. The van der Waals surface area contributed by atoms with Crippen molar-refractivity contribution >= 4 is 16.2 Å². The van der Waals surface area contributed by atoms with E-state index in [9.17, 15) is 13.2 Å². The van der Waals surface area contributed by atoms with E-state index in [1.54, 1.807) is 4.90 Å². The fourth-order valence-corrected chi connectivity index (χ4v) is 3.14. The van der Waals surface area contributed by atoms with Gasteiger partial charge >= 0.3 is 6.09 Å². The van der Waals surface area contributed by atoms with E-state index < -0.39 is 10.1 Å². The zero-order chi connectivity index (χ0) is 16.9. The second-order valence-corrected chi connectivity index (χ2v) is 8.26. The molecule has 0 bridgehead atoms. The van der Waals surface area contributed by atoms with Crippen LogP contribution >= 0.6 is 0 Å². The molecule has 1 fully saturated rings. The normalized spacial score (nSPS) is 25.6. The van der Waals surface area contributed by atoms with Gasteiger partial charge < -0.3 is 9.64 Å². The van der Waals surface area contributed by atoms with Gasteiger partial charge in [0.1, 0.15) is 6.61 Å². The van der Waals surface area contributed by atoms with Gasteiger partial charge in [0.05, 0.1) is 12.9 Å². The quantitative estimate of drug-likeness (QED) is 0.716. The van der Waals surface area contributed by atoms with Gasteiger partial charge in [0.2, 0.25) is 0 Å². The summed E-state index contributed by atoms with van der Waals surface area (Å²) in [6, 6.07) is 0. The van der Waals surface area contributed by atoms with Crippen LogP contribution in [0.25, 0.3) is 0 Å². The number of likely N-dealkylation sites (tertiary alicyclic amines) is 1. The topological polar surface area (TPSA) is 72.9 Å². The Morgan fingerprint density at radius 1 is 1.30 bits per heavy atom. The first-order valence-corrected chi connectivity index (χ1v) is 9.70. The first-order valence-electron chi connectivity index (χ1n) is 7.88. The molecule has 7 heteroatoms. The summed E-state index contributed by atoms with van der Waals surface area (Å²) in [6.07, 6.45) is 11.2. The van der Waals surface area contributed by atoms with E-state index in [2.05, 4.69) is 19.1 Å². The zero-order valence-electron chi connectivity index (χ0n) is 13.7. The summed E-state index contributed by atoms with van der Waals surface area (Å²) in [5.41, 5.74) is -0.133. The van der Waals surface area contributed by atoms with Crippen molar-refractivity contribution in [3.63, 3.8) is 0 Å². The van der Waals surface area contributed by atoms with E-state index in [1.807, 2.05) is 12.2 Å². The highest BCUT2D eigenvalue weighted by Gasteiger charge is 2.28. The van der Waals surface area contributed by atoms with Crippen molar-refractivity contribution in [3.8, 4) is 0 Å². The maximum atomic E-state index is 12.1. The van der Waals surface area contributed by atoms with Crippen LogP contribution in [-0.4, -0.2) is 52.0 Å². The number of allylic oxidation sites excluding steroid dienone is 3. The van der Waals surface area contributed by atoms with Gasteiger partial charge in [0, 0.05) is 18.5 Å². The van der Waals surface area contributed by atoms with Gasteiger partial charge in [0.25, 0.3) is 10.1 Å². The Morgan fingerprint density at radius 3 is 2.57 bits per heavy atom. The monoisotopic (exact) mass is 343 g/mol. The second-order valence-electron chi connectivity index (χ2n) is 6.62. The maximum Gasteiger partial charge on any atom is 0.409 e. The Bertz CT molecular complexity index is 575. The molecule has 1 aliphatic carbocycles. The van der Waals surface area contributed by atoms with Crippen LogP contribution in [0.5, 0.6) is 0 Å². The number of ether oxygens (including phenoxy) is 1. The molecule has 23 heavy (non-hydrogen) atoms. The average Bonchev–Trinajstić information content (AvgIpc) is 2.51. The molecule has 130 valence electrons.